The van der Waals surface area contributed by atoms with Crippen LogP contribution >= 0.6 is 0 Å². The average molecular weight is 580 g/mol. The molecule has 2 atom stereocenters. The van der Waals surface area contributed by atoms with E-state index in [-0.39, 0.29) is 29.0 Å². The van der Waals surface area contributed by atoms with Crippen LogP contribution in [0.5, 0.6) is 5.75 Å². The molecule has 0 radical (unpaired) electrons. The van der Waals surface area contributed by atoms with Gasteiger partial charge in [-0.15, -0.1) is 0 Å². The van der Waals surface area contributed by atoms with Crippen LogP contribution in [0, 0.1) is 0 Å². The molecule has 2 saturated heterocycles. The monoisotopic (exact) mass is 579 g/mol. The minimum absolute atomic E-state index is 0.00920. The van der Waals surface area contributed by atoms with Crippen molar-refractivity contribution in [1.29, 1.82) is 0 Å². The van der Waals surface area contributed by atoms with Gasteiger partial charge in [-0.3, -0.25) is 4.98 Å². The Bertz CT molecular complexity index is 1520. The van der Waals surface area contributed by atoms with Gasteiger partial charge < -0.3 is 24.9 Å². The van der Waals surface area contributed by atoms with E-state index in [2.05, 4.69) is 20.0 Å². The first-order chi connectivity index (χ1) is 18.6. The second-order valence-electron chi connectivity index (χ2n) is 9.94. The molecule has 0 bridgehead atoms. The van der Waals surface area contributed by atoms with Crippen molar-refractivity contribution in [3.63, 3.8) is 0 Å². The van der Waals surface area contributed by atoms with Gasteiger partial charge in [-0.1, -0.05) is 6.07 Å². The molecule has 0 saturated carbocycles. The lowest BCUT2D eigenvalue weighted by Gasteiger charge is -2.38. The maximum atomic E-state index is 13.2. The summed E-state index contributed by atoms with van der Waals surface area (Å²) in [4.78, 5) is 7.50. The number of benzene rings is 1. The van der Waals surface area contributed by atoms with E-state index in [9.17, 15) is 21.9 Å². The fourth-order valence-electron chi connectivity index (χ4n) is 5.07. The summed E-state index contributed by atoms with van der Waals surface area (Å²) in [5, 5.41) is 13.7. The lowest BCUT2D eigenvalue weighted by Crippen LogP contribution is -2.47. The Hall–Kier alpha value is -2.59. The first-order valence-electron chi connectivity index (χ1n) is 12.8. The van der Waals surface area contributed by atoms with Crippen molar-refractivity contribution in [3.8, 4) is 5.75 Å². The molecule has 1 unspecified atom stereocenters. The second kappa shape index (κ2) is 11.1. The predicted octanol–water partition coefficient (Wildman–Crippen LogP) is 0.813. The Kier molecular flexibility index (Phi) is 7.97. The number of aliphatic hydroxyl groups excluding tert-OH is 1. The van der Waals surface area contributed by atoms with Gasteiger partial charge in [-0.05, 0) is 50.6 Å². The van der Waals surface area contributed by atoms with Gasteiger partial charge in [-0.2, -0.15) is 4.31 Å². The van der Waals surface area contributed by atoms with Crippen molar-refractivity contribution in [2.24, 2.45) is 0 Å². The molecule has 1 aromatic carbocycles. The number of rotatable bonds is 10. The first kappa shape index (κ1) is 28.0. The number of aromatic nitrogens is 2. The normalized spacial score (nSPS) is 20.9. The zero-order valence-corrected chi connectivity index (χ0v) is 23.2. The smallest absolute Gasteiger partial charge is 0.244 e. The standard InChI is InChI=1S/C25H33N5O7S2/c1-26-38(32,33)21-4-2-3-20(11-21)36-17-19(31)14-28-18-13-25(37-16-18)6-9-30(10-7-25)39(34,35)22-12-24-23(29-15-22)5-8-27-24/h2-5,8,11-12,15,18-19,26-28,31H,6-7,9-10,13-14,16-17H2,1H3/t18-,19?/m1/s1. The van der Waals surface area contributed by atoms with E-state index in [1.807, 2.05) is 0 Å². The molecule has 3 aromatic rings. The summed E-state index contributed by atoms with van der Waals surface area (Å²) in [5.74, 6) is 0.346. The van der Waals surface area contributed by atoms with Crippen LogP contribution in [0.25, 0.3) is 11.0 Å². The summed E-state index contributed by atoms with van der Waals surface area (Å²) in [5.41, 5.74) is 1.00. The number of nitrogens with one attached hydrogen (secondary N) is 3. The number of pyridine rings is 1. The molecule has 212 valence electrons. The molecular formula is C25H33N5O7S2. The second-order valence-corrected chi connectivity index (χ2v) is 13.8. The molecule has 2 aliphatic heterocycles. The number of aliphatic hydroxyl groups is 1. The van der Waals surface area contributed by atoms with Crippen LogP contribution in [-0.4, -0.2) is 93.9 Å². The summed E-state index contributed by atoms with van der Waals surface area (Å²) < 4.78 is 65.8. The van der Waals surface area contributed by atoms with Crippen molar-refractivity contribution in [3.05, 3.63) is 48.8 Å². The van der Waals surface area contributed by atoms with E-state index in [1.54, 1.807) is 30.5 Å². The zero-order chi connectivity index (χ0) is 27.7. The van der Waals surface area contributed by atoms with E-state index in [0.29, 0.717) is 50.2 Å². The maximum Gasteiger partial charge on any atom is 0.244 e. The van der Waals surface area contributed by atoms with E-state index in [0.717, 1.165) is 5.52 Å². The van der Waals surface area contributed by atoms with Gasteiger partial charge in [0.2, 0.25) is 20.0 Å². The molecular weight excluding hydrogens is 546 g/mol. The van der Waals surface area contributed by atoms with E-state index >= 15 is 0 Å². The molecule has 2 fully saturated rings. The first-order valence-corrected chi connectivity index (χ1v) is 15.7. The topological polar surface area (TPSA) is 163 Å². The zero-order valence-electron chi connectivity index (χ0n) is 21.5. The van der Waals surface area contributed by atoms with Crippen molar-refractivity contribution in [2.45, 2.75) is 46.8 Å². The van der Waals surface area contributed by atoms with Crippen LogP contribution in [-0.2, 0) is 24.8 Å². The minimum atomic E-state index is -3.66. The highest BCUT2D eigenvalue weighted by atomic mass is 32.2. The Morgan fingerprint density at radius 2 is 2.00 bits per heavy atom. The minimum Gasteiger partial charge on any atom is -0.491 e. The van der Waals surface area contributed by atoms with Crippen LogP contribution in [0.4, 0.5) is 0 Å². The number of H-pyrrole nitrogens is 1. The lowest BCUT2D eigenvalue weighted by molar-refractivity contribution is -0.0312. The molecule has 12 nitrogen and oxygen atoms in total. The van der Waals surface area contributed by atoms with Crippen LogP contribution in [0.3, 0.4) is 0 Å². The third kappa shape index (κ3) is 6.11. The molecule has 14 heteroatoms. The third-order valence-corrected chi connectivity index (χ3v) is 10.6. The Labute approximate surface area is 227 Å². The fourth-order valence-corrected chi connectivity index (χ4v) is 7.24. The number of piperidine rings is 1. The molecule has 0 aliphatic carbocycles. The van der Waals surface area contributed by atoms with E-state index in [1.165, 1.54) is 29.7 Å². The summed E-state index contributed by atoms with van der Waals surface area (Å²) in [6, 6.07) is 9.51. The fraction of sp³-hybridized carbons (Fsp3) is 0.480. The summed E-state index contributed by atoms with van der Waals surface area (Å²) in [6.07, 6.45) is 4.20. The number of hydrogen-bond donors (Lipinski definition) is 4. The summed E-state index contributed by atoms with van der Waals surface area (Å²) in [7, 11) is -5.91. The van der Waals surface area contributed by atoms with Gasteiger partial charge in [-0.25, -0.2) is 21.6 Å². The van der Waals surface area contributed by atoms with Crippen molar-refractivity contribution >= 4 is 31.1 Å². The highest BCUT2D eigenvalue weighted by Gasteiger charge is 2.44. The van der Waals surface area contributed by atoms with E-state index < -0.39 is 31.8 Å². The SMILES string of the molecule is CNS(=O)(=O)c1cccc(OCC(O)CN[C@H]2COC3(CCN(S(=O)(=O)c4cnc5cc[nH]c5c4)CC3)C2)c1. The number of ether oxygens (including phenoxy) is 2. The van der Waals surface area contributed by atoms with Crippen LogP contribution in [0.15, 0.2) is 58.6 Å². The van der Waals surface area contributed by atoms with Gasteiger partial charge in [0, 0.05) is 44.1 Å². The van der Waals surface area contributed by atoms with Crippen LogP contribution in [0.2, 0.25) is 0 Å². The van der Waals surface area contributed by atoms with Gasteiger partial charge in [0.1, 0.15) is 23.4 Å². The van der Waals surface area contributed by atoms with Gasteiger partial charge in [0.15, 0.2) is 0 Å². The molecule has 5 rings (SSSR count). The summed E-state index contributed by atoms with van der Waals surface area (Å²) in [6.45, 7) is 1.45. The van der Waals surface area contributed by atoms with E-state index in [4.69, 9.17) is 9.47 Å². The van der Waals surface area contributed by atoms with Crippen molar-refractivity contribution in [1.82, 2.24) is 24.3 Å². The summed E-state index contributed by atoms with van der Waals surface area (Å²) >= 11 is 0. The molecule has 2 aromatic heterocycles. The largest absolute Gasteiger partial charge is 0.491 e. The Balaban J connectivity index is 1.08. The molecule has 2 aliphatic rings. The van der Waals surface area contributed by atoms with Gasteiger partial charge in [0.25, 0.3) is 0 Å². The quantitative estimate of drug-likeness (QED) is 0.272. The molecule has 0 amide bonds. The molecule has 39 heavy (non-hydrogen) atoms. The van der Waals surface area contributed by atoms with Crippen molar-refractivity contribution in [2.75, 3.05) is 39.9 Å². The predicted molar refractivity (Wildman–Crippen MR) is 143 cm³/mol. The highest BCUT2D eigenvalue weighted by molar-refractivity contribution is 7.89. The molecule has 1 spiro atoms. The maximum absolute atomic E-state index is 13.2. The van der Waals surface area contributed by atoms with Crippen molar-refractivity contribution < 1.29 is 31.4 Å². The van der Waals surface area contributed by atoms with Gasteiger partial charge >= 0.3 is 0 Å². The number of aromatic amines is 1. The third-order valence-electron chi connectivity index (χ3n) is 7.32. The van der Waals surface area contributed by atoms with Crippen LogP contribution < -0.4 is 14.8 Å². The van der Waals surface area contributed by atoms with Crippen LogP contribution in [0.1, 0.15) is 19.3 Å². The number of hydrogen-bond acceptors (Lipinski definition) is 9. The lowest BCUT2D eigenvalue weighted by atomic mass is 9.88. The van der Waals surface area contributed by atoms with Gasteiger partial charge in [0.05, 0.1) is 28.1 Å². The highest BCUT2D eigenvalue weighted by Crippen LogP contribution is 2.37. The Morgan fingerprint density at radius 3 is 2.77 bits per heavy atom. The number of nitrogens with zero attached hydrogens (tertiary/aromatic N) is 2. The number of fused-ring (bicyclic) bond motifs is 1. The average Bonchev–Trinajstić information content (AvgIpc) is 3.58. The Morgan fingerprint density at radius 1 is 1.21 bits per heavy atom. The molecule has 4 N–H and O–H groups in total. The molecule has 4 heterocycles. The number of sulfonamides is 2.